The average Bonchev–Trinajstić information content (AvgIpc) is 3.24. The Labute approximate surface area is 174 Å². The van der Waals surface area contributed by atoms with Crippen molar-refractivity contribution in [1.82, 2.24) is 4.98 Å². The van der Waals surface area contributed by atoms with Gasteiger partial charge in [-0.2, -0.15) is 0 Å². The van der Waals surface area contributed by atoms with E-state index < -0.39 is 10.0 Å². The lowest BCUT2D eigenvalue weighted by molar-refractivity contribution is 0.102. The van der Waals surface area contributed by atoms with Crippen molar-refractivity contribution in [2.75, 3.05) is 15.9 Å². The number of fused-ring (bicyclic) bond motifs is 1. The first-order valence-electron chi connectivity index (χ1n) is 9.18. The summed E-state index contributed by atoms with van der Waals surface area (Å²) in [5, 5.41) is 5.28. The van der Waals surface area contributed by atoms with Gasteiger partial charge in [0.05, 0.1) is 17.6 Å². The molecule has 1 aromatic heterocycles. The highest BCUT2D eigenvalue weighted by molar-refractivity contribution is 7.92. The summed E-state index contributed by atoms with van der Waals surface area (Å²) >= 11 is 1.37. The third-order valence-electron chi connectivity index (χ3n) is 4.92. The molecular weight excluding hydrogens is 406 g/mol. The number of aryl methyl sites for hydroxylation is 1. The van der Waals surface area contributed by atoms with Gasteiger partial charge in [0.25, 0.3) is 5.91 Å². The van der Waals surface area contributed by atoms with E-state index >= 15 is 0 Å². The molecule has 0 fully saturated rings. The first kappa shape index (κ1) is 19.6. The molecule has 0 aliphatic carbocycles. The van der Waals surface area contributed by atoms with Crippen LogP contribution in [0.5, 0.6) is 0 Å². The topological polar surface area (TPSA) is 79.4 Å². The summed E-state index contributed by atoms with van der Waals surface area (Å²) in [6.45, 7) is 3.89. The molecule has 2 heterocycles. The number of hydrogen-bond acceptors (Lipinski definition) is 5. The molecule has 150 valence electrons. The maximum absolute atomic E-state index is 12.7. The summed E-state index contributed by atoms with van der Waals surface area (Å²) in [6.07, 6.45) is 1.78. The molecule has 2 aromatic carbocycles. The molecule has 0 unspecified atom stereocenters. The average molecular weight is 428 g/mol. The van der Waals surface area contributed by atoms with Crippen molar-refractivity contribution in [1.29, 1.82) is 0 Å². The third-order valence-corrected chi connectivity index (χ3v) is 6.95. The van der Waals surface area contributed by atoms with Gasteiger partial charge in [-0.05, 0) is 44.0 Å². The summed E-state index contributed by atoms with van der Waals surface area (Å²) in [7, 11) is -3.35. The van der Waals surface area contributed by atoms with Crippen molar-refractivity contribution in [2.45, 2.75) is 26.3 Å². The van der Waals surface area contributed by atoms with E-state index in [1.165, 1.54) is 27.5 Å². The van der Waals surface area contributed by atoms with Gasteiger partial charge in [-0.3, -0.25) is 14.4 Å². The monoisotopic (exact) mass is 427 g/mol. The van der Waals surface area contributed by atoms with Crippen LogP contribution in [0.1, 0.15) is 28.4 Å². The first-order chi connectivity index (χ1) is 13.7. The second kappa shape index (κ2) is 7.27. The molecule has 0 bridgehead atoms. The molecule has 1 amide bonds. The molecule has 0 saturated heterocycles. The molecule has 1 aliphatic heterocycles. The molecule has 0 spiro atoms. The molecular formula is C21H21N3O3S2. The highest BCUT2D eigenvalue weighted by atomic mass is 32.2. The number of rotatable bonds is 4. The Morgan fingerprint density at radius 3 is 2.62 bits per heavy atom. The Morgan fingerprint density at radius 1 is 1.21 bits per heavy atom. The van der Waals surface area contributed by atoms with E-state index in [-0.39, 0.29) is 11.9 Å². The number of nitrogens with one attached hydrogen (secondary N) is 1. The quantitative estimate of drug-likeness (QED) is 0.680. The Balaban J connectivity index is 1.53. The van der Waals surface area contributed by atoms with Crippen molar-refractivity contribution in [2.24, 2.45) is 0 Å². The lowest BCUT2D eigenvalue weighted by Gasteiger charge is -2.21. The highest BCUT2D eigenvalue weighted by Gasteiger charge is 2.32. The standard InChI is InChI=1S/C21H21N3O3S2/c1-13-4-6-15(7-5-13)18-12-28-21(22-18)23-20(25)16-8-9-19-17(11-16)10-14(2)24(19)29(3,26)27/h4-9,11-12,14H,10H2,1-3H3,(H,22,23,25)/t14-/m0/s1. The van der Waals surface area contributed by atoms with Crippen molar-refractivity contribution < 1.29 is 13.2 Å². The van der Waals surface area contributed by atoms with Crippen LogP contribution in [0.3, 0.4) is 0 Å². The second-order valence-corrected chi connectivity index (χ2v) is 10.0. The van der Waals surface area contributed by atoms with Crippen molar-refractivity contribution in [3.8, 4) is 11.3 Å². The first-order valence-corrected chi connectivity index (χ1v) is 11.9. The lowest BCUT2D eigenvalue weighted by Crippen LogP contribution is -2.34. The van der Waals surface area contributed by atoms with Crippen LogP contribution in [0.25, 0.3) is 11.3 Å². The predicted octanol–water partition coefficient (Wildman–Crippen LogP) is 4.08. The number of benzene rings is 2. The van der Waals surface area contributed by atoms with Crippen LogP contribution in [0.15, 0.2) is 47.8 Å². The molecule has 3 aromatic rings. The van der Waals surface area contributed by atoms with Gasteiger partial charge in [0.2, 0.25) is 10.0 Å². The van der Waals surface area contributed by atoms with Gasteiger partial charge in [0.1, 0.15) is 0 Å². The Bertz CT molecular complexity index is 1180. The number of aromatic nitrogens is 1. The summed E-state index contributed by atoms with van der Waals surface area (Å²) in [4.78, 5) is 17.2. The number of nitrogens with zero attached hydrogens (tertiary/aromatic N) is 2. The second-order valence-electron chi connectivity index (χ2n) is 7.31. The van der Waals surface area contributed by atoms with E-state index in [0.29, 0.717) is 22.8 Å². The summed E-state index contributed by atoms with van der Waals surface area (Å²) < 4.78 is 25.5. The number of thiazole rings is 1. The van der Waals surface area contributed by atoms with Gasteiger partial charge in [0.15, 0.2) is 5.13 Å². The molecule has 1 N–H and O–H groups in total. The zero-order valence-corrected chi connectivity index (χ0v) is 18.0. The van der Waals surface area contributed by atoms with Gasteiger partial charge >= 0.3 is 0 Å². The van der Waals surface area contributed by atoms with Crippen LogP contribution in [0, 0.1) is 6.92 Å². The Kier molecular flexibility index (Phi) is 4.92. The maximum atomic E-state index is 12.7. The molecule has 1 atom stereocenters. The van der Waals surface area contributed by atoms with Crippen LogP contribution in [-0.2, 0) is 16.4 Å². The molecule has 29 heavy (non-hydrogen) atoms. The minimum absolute atomic E-state index is 0.158. The van der Waals surface area contributed by atoms with Crippen molar-refractivity contribution >= 4 is 38.1 Å². The molecule has 6 nitrogen and oxygen atoms in total. The summed E-state index contributed by atoms with van der Waals surface area (Å²) in [5.74, 6) is -0.261. The van der Waals surface area contributed by atoms with E-state index in [0.717, 1.165) is 16.8 Å². The zero-order chi connectivity index (χ0) is 20.8. The number of carbonyl (C=O) groups is 1. The zero-order valence-electron chi connectivity index (χ0n) is 16.3. The van der Waals surface area contributed by atoms with Gasteiger partial charge in [0, 0.05) is 22.5 Å². The van der Waals surface area contributed by atoms with E-state index in [2.05, 4.69) is 10.3 Å². The van der Waals surface area contributed by atoms with E-state index in [1.807, 2.05) is 43.5 Å². The number of hydrogen-bond donors (Lipinski definition) is 1. The fraction of sp³-hybridized carbons (Fsp3) is 0.238. The number of sulfonamides is 1. The van der Waals surface area contributed by atoms with E-state index in [1.54, 1.807) is 18.2 Å². The van der Waals surface area contributed by atoms with E-state index in [9.17, 15) is 13.2 Å². The smallest absolute Gasteiger partial charge is 0.257 e. The predicted molar refractivity (Wildman–Crippen MR) is 117 cm³/mol. The van der Waals surface area contributed by atoms with Crippen LogP contribution in [-0.4, -0.2) is 31.6 Å². The molecule has 1 aliphatic rings. The SMILES string of the molecule is Cc1ccc(-c2csc(NC(=O)c3ccc4c(c3)C[C@H](C)N4S(C)(=O)=O)n2)cc1. The lowest BCUT2D eigenvalue weighted by atomic mass is 10.1. The number of anilines is 2. The molecule has 0 saturated carbocycles. The van der Waals surface area contributed by atoms with Crippen LogP contribution in [0.2, 0.25) is 0 Å². The van der Waals surface area contributed by atoms with Crippen LogP contribution >= 0.6 is 11.3 Å². The normalized spacial score (nSPS) is 16.0. The Morgan fingerprint density at radius 2 is 1.93 bits per heavy atom. The van der Waals surface area contributed by atoms with Gasteiger partial charge in [-0.1, -0.05) is 29.8 Å². The summed E-state index contributed by atoms with van der Waals surface area (Å²) in [6, 6.07) is 13.0. The van der Waals surface area contributed by atoms with Gasteiger partial charge in [-0.25, -0.2) is 13.4 Å². The largest absolute Gasteiger partial charge is 0.298 e. The van der Waals surface area contributed by atoms with Crippen LogP contribution in [0.4, 0.5) is 10.8 Å². The number of amides is 1. The highest BCUT2D eigenvalue weighted by Crippen LogP contribution is 2.35. The maximum Gasteiger partial charge on any atom is 0.257 e. The molecule has 0 radical (unpaired) electrons. The van der Waals surface area contributed by atoms with Gasteiger partial charge < -0.3 is 0 Å². The Hall–Kier alpha value is -2.71. The molecule has 4 rings (SSSR count). The third kappa shape index (κ3) is 3.90. The van der Waals surface area contributed by atoms with Gasteiger partial charge in [-0.15, -0.1) is 11.3 Å². The van der Waals surface area contributed by atoms with Crippen molar-refractivity contribution in [3.63, 3.8) is 0 Å². The molecule has 8 heteroatoms. The van der Waals surface area contributed by atoms with Crippen LogP contribution < -0.4 is 9.62 Å². The fourth-order valence-electron chi connectivity index (χ4n) is 3.61. The number of carbonyl (C=O) groups excluding carboxylic acids is 1. The van der Waals surface area contributed by atoms with E-state index in [4.69, 9.17) is 0 Å². The fourth-order valence-corrected chi connectivity index (χ4v) is 5.59. The summed E-state index contributed by atoms with van der Waals surface area (Å²) in [5.41, 5.74) is 4.98. The van der Waals surface area contributed by atoms with Crippen molar-refractivity contribution in [3.05, 3.63) is 64.5 Å². The minimum atomic E-state index is -3.35. The minimum Gasteiger partial charge on any atom is -0.298 e.